The van der Waals surface area contributed by atoms with Crippen molar-refractivity contribution in [2.75, 3.05) is 13.2 Å². The summed E-state index contributed by atoms with van der Waals surface area (Å²) in [6.45, 7) is 0.926. The molecule has 4 nitrogen and oxygen atoms in total. The molecule has 2 N–H and O–H groups in total. The van der Waals surface area contributed by atoms with Crippen molar-refractivity contribution in [2.24, 2.45) is 11.8 Å². The van der Waals surface area contributed by atoms with Gasteiger partial charge in [-0.1, -0.05) is 30.3 Å². The quantitative estimate of drug-likeness (QED) is 0.809. The molecule has 1 aromatic carbocycles. The van der Waals surface area contributed by atoms with Crippen molar-refractivity contribution in [3.05, 3.63) is 35.9 Å². The highest BCUT2D eigenvalue weighted by atomic mass is 16.3. The lowest BCUT2D eigenvalue weighted by atomic mass is 10.1. The number of aliphatic hydroxyl groups is 1. The lowest BCUT2D eigenvalue weighted by Crippen LogP contribution is -2.47. The van der Waals surface area contributed by atoms with Crippen LogP contribution in [0.3, 0.4) is 0 Å². The van der Waals surface area contributed by atoms with Crippen LogP contribution in [0.5, 0.6) is 0 Å². The number of nitrogens with zero attached hydrogens (tertiary/aromatic N) is 1. The van der Waals surface area contributed by atoms with Crippen LogP contribution in [0.2, 0.25) is 0 Å². The van der Waals surface area contributed by atoms with Crippen LogP contribution in [0.15, 0.2) is 30.3 Å². The minimum atomic E-state index is -0.0308. The van der Waals surface area contributed by atoms with Crippen molar-refractivity contribution in [2.45, 2.75) is 38.3 Å². The second-order valence-electron chi connectivity index (χ2n) is 6.28. The fourth-order valence-corrected chi connectivity index (χ4v) is 2.94. The van der Waals surface area contributed by atoms with Crippen LogP contribution < -0.4 is 5.32 Å². The van der Waals surface area contributed by atoms with Gasteiger partial charge >= 0.3 is 6.03 Å². The predicted molar refractivity (Wildman–Crippen MR) is 81.7 cm³/mol. The maximum Gasteiger partial charge on any atom is 0.318 e. The molecule has 2 fully saturated rings. The van der Waals surface area contributed by atoms with E-state index >= 15 is 0 Å². The number of urea groups is 1. The third-order valence-corrected chi connectivity index (χ3v) is 4.42. The number of aliphatic hydroxyl groups excluding tert-OH is 1. The second kappa shape index (κ2) is 6.48. The molecule has 2 amide bonds. The number of amides is 2. The molecule has 2 saturated carbocycles. The summed E-state index contributed by atoms with van der Waals surface area (Å²) in [6.07, 6.45) is 5.00. The van der Waals surface area contributed by atoms with E-state index in [0.29, 0.717) is 31.0 Å². The van der Waals surface area contributed by atoms with E-state index in [0.717, 1.165) is 5.56 Å². The average Bonchev–Trinajstić information content (AvgIpc) is 3.39. The van der Waals surface area contributed by atoms with Crippen molar-refractivity contribution < 1.29 is 9.90 Å². The van der Waals surface area contributed by atoms with Gasteiger partial charge in [-0.05, 0) is 43.1 Å². The number of carbonyl (C=O) groups is 1. The van der Waals surface area contributed by atoms with Crippen LogP contribution >= 0.6 is 0 Å². The average molecular weight is 288 g/mol. The fourth-order valence-electron chi connectivity index (χ4n) is 2.94. The molecule has 3 rings (SSSR count). The molecule has 114 valence electrons. The molecule has 0 spiro atoms. The van der Waals surface area contributed by atoms with E-state index in [2.05, 4.69) is 5.32 Å². The minimum absolute atomic E-state index is 0.00220. The zero-order valence-electron chi connectivity index (χ0n) is 12.4. The summed E-state index contributed by atoms with van der Waals surface area (Å²) >= 11 is 0. The summed E-state index contributed by atoms with van der Waals surface area (Å²) in [7, 11) is 0. The van der Waals surface area contributed by atoms with E-state index < -0.39 is 0 Å². The Balaban J connectivity index is 1.60. The molecule has 0 aromatic heterocycles. The Kier molecular flexibility index (Phi) is 4.44. The Morgan fingerprint density at radius 2 is 1.81 bits per heavy atom. The highest BCUT2D eigenvalue weighted by Gasteiger charge is 2.42. The van der Waals surface area contributed by atoms with Gasteiger partial charge in [0.15, 0.2) is 0 Å². The molecule has 0 unspecified atom stereocenters. The molecule has 0 radical (unpaired) electrons. The second-order valence-corrected chi connectivity index (χ2v) is 6.28. The number of hydrogen-bond donors (Lipinski definition) is 2. The minimum Gasteiger partial charge on any atom is -0.395 e. The lowest BCUT2D eigenvalue weighted by molar-refractivity contribution is 0.168. The Bertz CT molecular complexity index is 457. The van der Waals surface area contributed by atoms with Crippen molar-refractivity contribution in [3.63, 3.8) is 0 Å². The molecule has 2 aliphatic rings. The first kappa shape index (κ1) is 14.4. The third kappa shape index (κ3) is 3.97. The maximum absolute atomic E-state index is 12.5. The lowest BCUT2D eigenvalue weighted by Gasteiger charge is -2.26. The van der Waals surface area contributed by atoms with Gasteiger partial charge in [0.2, 0.25) is 0 Å². The van der Waals surface area contributed by atoms with Gasteiger partial charge in [0, 0.05) is 19.1 Å². The number of nitrogens with one attached hydrogen (secondary N) is 1. The largest absolute Gasteiger partial charge is 0.395 e. The highest BCUT2D eigenvalue weighted by Crippen LogP contribution is 2.44. The number of benzene rings is 1. The van der Waals surface area contributed by atoms with Crippen LogP contribution in [-0.4, -0.2) is 35.2 Å². The molecule has 21 heavy (non-hydrogen) atoms. The fraction of sp³-hybridized carbons (Fsp3) is 0.588. The molecule has 0 atom stereocenters. The SMILES string of the molecule is O=C(NC(C1CC1)C1CC1)N(CCO)Cc1ccccc1. The van der Waals surface area contributed by atoms with Crippen molar-refractivity contribution in [1.82, 2.24) is 10.2 Å². The van der Waals surface area contributed by atoms with Gasteiger partial charge in [0.1, 0.15) is 0 Å². The molecule has 2 aliphatic carbocycles. The smallest absolute Gasteiger partial charge is 0.318 e. The van der Waals surface area contributed by atoms with Gasteiger partial charge in [0.05, 0.1) is 6.61 Å². The van der Waals surface area contributed by atoms with E-state index in [1.807, 2.05) is 30.3 Å². The normalized spacial score (nSPS) is 17.8. The molecule has 1 aromatic rings. The monoisotopic (exact) mass is 288 g/mol. The molecule has 0 bridgehead atoms. The predicted octanol–water partition coefficient (Wildman–Crippen LogP) is 2.38. The van der Waals surface area contributed by atoms with E-state index in [4.69, 9.17) is 0 Å². The molecule has 0 aliphatic heterocycles. The molecule has 4 heteroatoms. The third-order valence-electron chi connectivity index (χ3n) is 4.42. The van der Waals surface area contributed by atoms with Crippen molar-refractivity contribution >= 4 is 6.03 Å². The zero-order valence-corrected chi connectivity index (χ0v) is 12.4. The summed E-state index contributed by atoms with van der Waals surface area (Å²) in [5, 5.41) is 12.4. The van der Waals surface area contributed by atoms with Gasteiger partial charge in [-0.25, -0.2) is 4.79 Å². The topological polar surface area (TPSA) is 52.6 Å². The first-order valence-corrected chi connectivity index (χ1v) is 7.98. The summed E-state index contributed by atoms with van der Waals surface area (Å²) in [5.41, 5.74) is 1.09. The van der Waals surface area contributed by atoms with Crippen molar-refractivity contribution in [3.8, 4) is 0 Å². The Morgan fingerprint density at radius 3 is 2.33 bits per heavy atom. The Labute approximate surface area is 126 Å². The van der Waals surface area contributed by atoms with Gasteiger partial charge in [-0.3, -0.25) is 0 Å². The Morgan fingerprint density at radius 1 is 1.19 bits per heavy atom. The van der Waals surface area contributed by atoms with E-state index in [9.17, 15) is 9.90 Å². The number of carbonyl (C=O) groups excluding carboxylic acids is 1. The maximum atomic E-state index is 12.5. The Hall–Kier alpha value is -1.55. The van der Waals surface area contributed by atoms with Crippen LogP contribution in [0.25, 0.3) is 0 Å². The molecule has 0 saturated heterocycles. The van der Waals surface area contributed by atoms with Crippen LogP contribution in [0.1, 0.15) is 31.2 Å². The number of rotatable bonds is 7. The van der Waals surface area contributed by atoms with E-state index in [1.54, 1.807) is 4.90 Å². The van der Waals surface area contributed by atoms with Gasteiger partial charge in [-0.2, -0.15) is 0 Å². The van der Waals surface area contributed by atoms with Gasteiger partial charge in [-0.15, -0.1) is 0 Å². The summed E-state index contributed by atoms with van der Waals surface area (Å²) in [4.78, 5) is 14.2. The highest BCUT2D eigenvalue weighted by molar-refractivity contribution is 5.74. The van der Waals surface area contributed by atoms with E-state index in [-0.39, 0.29) is 12.6 Å². The van der Waals surface area contributed by atoms with Crippen LogP contribution in [-0.2, 0) is 6.54 Å². The molecular weight excluding hydrogens is 264 g/mol. The van der Waals surface area contributed by atoms with Gasteiger partial charge < -0.3 is 15.3 Å². The molecule has 0 heterocycles. The summed E-state index contributed by atoms with van der Waals surface area (Å²) in [5.74, 6) is 1.38. The molecular formula is C17H24N2O2. The summed E-state index contributed by atoms with van der Waals surface area (Å²) < 4.78 is 0. The van der Waals surface area contributed by atoms with Crippen LogP contribution in [0, 0.1) is 11.8 Å². The summed E-state index contributed by atoms with van der Waals surface area (Å²) in [6, 6.07) is 10.3. The number of hydrogen-bond acceptors (Lipinski definition) is 2. The standard InChI is InChI=1S/C17H24N2O2/c20-11-10-19(12-13-4-2-1-3-5-13)17(21)18-16(14-6-7-14)15-8-9-15/h1-5,14-16,20H,6-12H2,(H,18,21). The first-order chi connectivity index (χ1) is 10.3. The van der Waals surface area contributed by atoms with Crippen molar-refractivity contribution in [1.29, 1.82) is 0 Å². The van der Waals surface area contributed by atoms with E-state index in [1.165, 1.54) is 25.7 Å². The van der Waals surface area contributed by atoms with Crippen LogP contribution in [0.4, 0.5) is 4.79 Å². The van der Waals surface area contributed by atoms with Gasteiger partial charge in [0.25, 0.3) is 0 Å². The zero-order chi connectivity index (χ0) is 14.7. The first-order valence-electron chi connectivity index (χ1n) is 7.98.